The molecule has 3 aliphatic heterocycles. The topological polar surface area (TPSA) is 110 Å². The number of likely N-dealkylation sites (N-methyl/N-ethyl adjacent to an activating group) is 1. The van der Waals surface area contributed by atoms with E-state index >= 15 is 0 Å². The summed E-state index contributed by atoms with van der Waals surface area (Å²) in [5.41, 5.74) is -1.14. The number of quaternary nitrogens is 1. The average molecular weight is 482 g/mol. The second kappa shape index (κ2) is 13.3. The molecule has 3 rings (SSSR count). The van der Waals surface area contributed by atoms with Crippen molar-refractivity contribution in [2.75, 3.05) is 32.8 Å². The summed E-state index contributed by atoms with van der Waals surface area (Å²) in [5, 5.41) is 33.5. The molecular formula is C26H49N4O4+. The lowest BCUT2D eigenvalue weighted by Gasteiger charge is -2.52. The summed E-state index contributed by atoms with van der Waals surface area (Å²) >= 11 is 0. The van der Waals surface area contributed by atoms with Gasteiger partial charge in [-0.1, -0.05) is 45.4 Å². The summed E-state index contributed by atoms with van der Waals surface area (Å²) in [6, 6.07) is 1.32. The number of nitrogens with zero attached hydrogens (tertiary/aromatic N) is 2. The van der Waals surface area contributed by atoms with E-state index in [9.17, 15) is 15.0 Å². The van der Waals surface area contributed by atoms with E-state index in [1.165, 1.54) is 37.0 Å². The minimum absolute atomic E-state index is 0.193. The Morgan fingerprint density at radius 3 is 2.71 bits per heavy atom. The minimum Gasteiger partial charge on any atom is -0.481 e. The summed E-state index contributed by atoms with van der Waals surface area (Å²) in [6.07, 6.45) is 12.4. The summed E-state index contributed by atoms with van der Waals surface area (Å²) in [4.78, 5) is 19.7. The number of carbonyl (C=O) groups is 1. The first kappa shape index (κ1) is 27.5. The molecule has 8 heteroatoms. The second-order valence-corrected chi connectivity index (χ2v) is 11.1. The van der Waals surface area contributed by atoms with E-state index < -0.39 is 11.6 Å². The monoisotopic (exact) mass is 481 g/mol. The number of aliphatic imine (C=N–C) groups is 1. The number of piperidine rings is 2. The largest absolute Gasteiger partial charge is 0.481 e. The van der Waals surface area contributed by atoms with E-state index in [2.05, 4.69) is 22.1 Å². The first-order chi connectivity index (χ1) is 16.3. The quantitative estimate of drug-likeness (QED) is 0.237. The van der Waals surface area contributed by atoms with Crippen LogP contribution in [0, 0.1) is 5.92 Å². The average Bonchev–Trinajstić information content (AvgIpc) is 3.34. The van der Waals surface area contributed by atoms with Crippen LogP contribution in [-0.4, -0.2) is 95.1 Å². The zero-order chi connectivity index (χ0) is 24.6. The van der Waals surface area contributed by atoms with Crippen LogP contribution in [-0.2, 0) is 4.79 Å². The Hall–Kier alpha value is -1.06. The van der Waals surface area contributed by atoms with Gasteiger partial charge in [0.05, 0.1) is 30.4 Å². The van der Waals surface area contributed by atoms with Crippen molar-refractivity contribution in [3.63, 3.8) is 0 Å². The molecule has 0 radical (unpaired) electrons. The molecule has 7 atom stereocenters. The van der Waals surface area contributed by atoms with Gasteiger partial charge in [-0.05, 0) is 45.2 Å². The van der Waals surface area contributed by atoms with Gasteiger partial charge in [0.2, 0.25) is 0 Å². The molecule has 8 nitrogen and oxygen atoms in total. The first-order valence-corrected chi connectivity index (χ1v) is 13.7. The number of rotatable bonds is 14. The lowest BCUT2D eigenvalue weighted by Crippen LogP contribution is -3.16. The van der Waals surface area contributed by atoms with E-state index in [1.807, 2.05) is 13.1 Å². The predicted octanol–water partition coefficient (Wildman–Crippen LogP) is 1.06. The van der Waals surface area contributed by atoms with Crippen LogP contribution < -0.4 is 10.2 Å². The highest BCUT2D eigenvalue weighted by atomic mass is 16.4. The van der Waals surface area contributed by atoms with E-state index in [0.717, 1.165) is 57.9 Å². The van der Waals surface area contributed by atoms with E-state index in [0.29, 0.717) is 25.0 Å². The molecule has 3 aliphatic rings. The lowest BCUT2D eigenvalue weighted by molar-refractivity contribution is -0.915. The van der Waals surface area contributed by atoms with E-state index in [1.54, 1.807) is 0 Å². The van der Waals surface area contributed by atoms with Crippen molar-refractivity contribution in [3.8, 4) is 0 Å². The molecule has 2 fully saturated rings. The van der Waals surface area contributed by atoms with Crippen LogP contribution in [0.4, 0.5) is 0 Å². The van der Waals surface area contributed by atoms with Crippen LogP contribution in [0.15, 0.2) is 4.99 Å². The predicted molar refractivity (Wildman–Crippen MR) is 134 cm³/mol. The SMILES string of the molecule is CCNC[C@@](O)(CCCCCCC[C@@H]1CCN2[C@H](C1)[C@@H]([NH+]1CC=NC1)C[C@@H](O)[C@@H]2C)CC(=O)O. The van der Waals surface area contributed by atoms with Crippen molar-refractivity contribution in [2.45, 2.75) is 114 Å². The zero-order valence-corrected chi connectivity index (χ0v) is 21.4. The maximum Gasteiger partial charge on any atom is 0.306 e. The van der Waals surface area contributed by atoms with Gasteiger partial charge in [-0.3, -0.25) is 9.69 Å². The summed E-state index contributed by atoms with van der Waals surface area (Å²) in [5.74, 6) is -0.163. The van der Waals surface area contributed by atoms with Crippen molar-refractivity contribution in [2.24, 2.45) is 10.9 Å². The normalized spacial score (nSPS) is 33.5. The Morgan fingerprint density at radius 2 is 2.00 bits per heavy atom. The highest BCUT2D eigenvalue weighted by Crippen LogP contribution is 2.35. The number of carboxylic acid groups (broad SMARTS) is 1. The van der Waals surface area contributed by atoms with Crippen molar-refractivity contribution in [1.82, 2.24) is 10.2 Å². The van der Waals surface area contributed by atoms with Gasteiger partial charge in [0.1, 0.15) is 12.6 Å². The Bertz CT molecular complexity index is 655. The van der Waals surface area contributed by atoms with Crippen molar-refractivity contribution in [1.29, 1.82) is 0 Å². The molecule has 2 saturated heterocycles. The fourth-order valence-electron chi connectivity index (χ4n) is 6.52. The van der Waals surface area contributed by atoms with Crippen LogP contribution in [0.5, 0.6) is 0 Å². The molecule has 0 aromatic heterocycles. The van der Waals surface area contributed by atoms with Gasteiger partial charge in [-0.15, -0.1) is 0 Å². The number of nitrogens with one attached hydrogen (secondary N) is 2. The summed E-state index contributed by atoms with van der Waals surface area (Å²) in [6.45, 7) is 8.19. The number of aliphatic hydroxyl groups is 2. The number of unbranched alkanes of at least 4 members (excludes halogenated alkanes) is 4. The van der Waals surface area contributed by atoms with Crippen LogP contribution in [0.2, 0.25) is 0 Å². The number of fused-ring (bicyclic) bond motifs is 1. The van der Waals surface area contributed by atoms with E-state index in [4.69, 9.17) is 5.11 Å². The highest BCUT2D eigenvalue weighted by Gasteiger charge is 2.47. The third-order valence-electron chi connectivity index (χ3n) is 8.58. The van der Waals surface area contributed by atoms with Gasteiger partial charge < -0.3 is 25.5 Å². The van der Waals surface area contributed by atoms with Gasteiger partial charge >= 0.3 is 5.97 Å². The zero-order valence-electron chi connectivity index (χ0n) is 21.4. The number of carboxylic acids is 1. The van der Waals surface area contributed by atoms with Crippen molar-refractivity contribution >= 4 is 12.2 Å². The molecule has 196 valence electrons. The maximum atomic E-state index is 11.1. The Kier molecular flexibility index (Phi) is 10.8. The standard InChI is InChI=1S/C26H48N4O4/c1-3-27-18-26(34,17-25(32)33)11-8-6-4-5-7-9-21-10-13-30-20(2)24(31)16-22(23(30)15-21)29-14-12-28-19-29/h12,20-24,27,31,34H,3-11,13-19H2,1-2H3,(H,32,33)/p+1/t20-,21+,22-,23+,24+,26+/m0/s1. The van der Waals surface area contributed by atoms with Crippen molar-refractivity contribution in [3.05, 3.63) is 0 Å². The molecule has 0 saturated carbocycles. The Labute approximate surface area is 205 Å². The van der Waals surface area contributed by atoms with Gasteiger partial charge in [0.25, 0.3) is 0 Å². The smallest absolute Gasteiger partial charge is 0.306 e. The molecule has 0 spiro atoms. The van der Waals surface area contributed by atoms with Gasteiger partial charge in [-0.25, -0.2) is 4.99 Å². The van der Waals surface area contributed by atoms with Crippen LogP contribution in [0.1, 0.15) is 84.5 Å². The van der Waals surface area contributed by atoms with Gasteiger partial charge in [-0.2, -0.15) is 0 Å². The summed E-state index contributed by atoms with van der Waals surface area (Å²) < 4.78 is 0. The number of hydrogen-bond donors (Lipinski definition) is 5. The molecular weight excluding hydrogens is 432 g/mol. The lowest BCUT2D eigenvalue weighted by atomic mass is 9.77. The molecule has 0 aliphatic carbocycles. The van der Waals surface area contributed by atoms with Crippen LogP contribution in [0.25, 0.3) is 0 Å². The molecule has 0 aromatic rings. The fraction of sp³-hybridized carbons (Fsp3) is 0.923. The van der Waals surface area contributed by atoms with Crippen LogP contribution in [0.3, 0.4) is 0 Å². The molecule has 0 amide bonds. The fourth-order valence-corrected chi connectivity index (χ4v) is 6.52. The molecule has 0 aromatic carbocycles. The van der Waals surface area contributed by atoms with Crippen molar-refractivity contribution < 1.29 is 25.0 Å². The minimum atomic E-state index is -1.14. The molecule has 1 unspecified atom stereocenters. The van der Waals surface area contributed by atoms with Crippen LogP contribution >= 0.6 is 0 Å². The second-order valence-electron chi connectivity index (χ2n) is 11.1. The maximum absolute atomic E-state index is 11.1. The van der Waals surface area contributed by atoms with Gasteiger partial charge in [0.15, 0.2) is 6.67 Å². The highest BCUT2D eigenvalue weighted by molar-refractivity contribution is 5.68. The third kappa shape index (κ3) is 7.72. The first-order valence-electron chi connectivity index (χ1n) is 13.7. The Balaban J connectivity index is 1.36. The molecule has 3 heterocycles. The summed E-state index contributed by atoms with van der Waals surface area (Å²) in [7, 11) is 0. The third-order valence-corrected chi connectivity index (χ3v) is 8.58. The molecule has 34 heavy (non-hydrogen) atoms. The molecule has 5 N–H and O–H groups in total. The Morgan fingerprint density at radius 1 is 1.24 bits per heavy atom. The number of aliphatic carboxylic acids is 1. The van der Waals surface area contributed by atoms with E-state index in [-0.39, 0.29) is 18.6 Å². The van der Waals surface area contributed by atoms with Gasteiger partial charge in [0, 0.05) is 19.0 Å². The number of aliphatic hydroxyl groups excluding tert-OH is 1. The number of hydrogen-bond acceptors (Lipinski definition) is 6. The molecule has 0 bridgehead atoms.